The third kappa shape index (κ3) is 2.86. The fraction of sp³-hybridized carbons (Fsp3) is 0.0667. The number of hydrogen-bond acceptors (Lipinski definition) is 2. The van der Waals surface area contributed by atoms with E-state index in [-0.39, 0.29) is 0 Å². The van der Waals surface area contributed by atoms with E-state index in [4.69, 9.17) is 0 Å². The van der Waals surface area contributed by atoms with E-state index in [1.165, 1.54) is 21.3 Å². The molecule has 1 heterocycles. The third-order valence-electron chi connectivity index (χ3n) is 2.94. The van der Waals surface area contributed by atoms with Crippen LogP contribution in [-0.2, 0) is 6.54 Å². The molecule has 3 aromatic rings. The van der Waals surface area contributed by atoms with Crippen LogP contribution >= 0.6 is 43.2 Å². The average molecular weight is 397 g/mol. The molecule has 3 rings (SSSR count). The monoisotopic (exact) mass is 395 g/mol. The van der Waals surface area contributed by atoms with E-state index in [0.717, 1.165) is 14.8 Å². The molecule has 1 nitrogen and oxygen atoms in total. The van der Waals surface area contributed by atoms with Gasteiger partial charge in [0.05, 0.1) is 3.79 Å². The SMILES string of the molecule is Brc1cc(CNc2cccc3ccccc23)sc1Br. The van der Waals surface area contributed by atoms with Crippen molar-refractivity contribution in [2.45, 2.75) is 6.54 Å². The predicted octanol–water partition coefficient (Wildman–Crippen LogP) is 6.04. The molecule has 0 spiro atoms. The number of rotatable bonds is 3. The maximum Gasteiger partial charge on any atom is 0.0843 e. The van der Waals surface area contributed by atoms with Crippen molar-refractivity contribution in [3.05, 3.63) is 61.7 Å². The summed E-state index contributed by atoms with van der Waals surface area (Å²) >= 11 is 8.79. The first-order valence-corrected chi connectivity index (χ1v) is 8.29. The van der Waals surface area contributed by atoms with Crippen LogP contribution in [-0.4, -0.2) is 0 Å². The van der Waals surface area contributed by atoms with Crippen LogP contribution in [0.1, 0.15) is 4.88 Å². The van der Waals surface area contributed by atoms with Gasteiger partial charge in [-0.2, -0.15) is 0 Å². The highest BCUT2D eigenvalue weighted by atomic mass is 79.9. The number of anilines is 1. The second-order valence-corrected chi connectivity index (χ2v) is 7.52. The molecule has 0 fully saturated rings. The lowest BCUT2D eigenvalue weighted by Crippen LogP contribution is -1.97. The Balaban J connectivity index is 1.85. The molecule has 1 aromatic heterocycles. The summed E-state index contributed by atoms with van der Waals surface area (Å²) in [5.74, 6) is 0. The Morgan fingerprint density at radius 3 is 2.58 bits per heavy atom. The molecule has 2 aromatic carbocycles. The Hall–Kier alpha value is -0.840. The van der Waals surface area contributed by atoms with E-state index in [2.05, 4.69) is 85.7 Å². The molecule has 0 bridgehead atoms. The normalized spacial score (nSPS) is 10.8. The molecule has 0 saturated carbocycles. The lowest BCUT2D eigenvalue weighted by atomic mass is 10.1. The second-order valence-electron chi connectivity index (χ2n) is 4.21. The van der Waals surface area contributed by atoms with Gasteiger partial charge in [0, 0.05) is 27.0 Å². The van der Waals surface area contributed by atoms with Gasteiger partial charge < -0.3 is 5.32 Å². The van der Waals surface area contributed by atoms with Crippen molar-refractivity contribution in [2.75, 3.05) is 5.32 Å². The van der Waals surface area contributed by atoms with Gasteiger partial charge in [-0.1, -0.05) is 36.4 Å². The fourth-order valence-electron chi connectivity index (χ4n) is 2.04. The highest BCUT2D eigenvalue weighted by molar-refractivity contribution is 9.13. The molecule has 0 amide bonds. The number of thiophene rings is 1. The summed E-state index contributed by atoms with van der Waals surface area (Å²) in [5, 5.41) is 6.04. The van der Waals surface area contributed by atoms with Crippen molar-refractivity contribution in [2.24, 2.45) is 0 Å². The Labute approximate surface area is 132 Å². The molecule has 4 heteroatoms. The van der Waals surface area contributed by atoms with Gasteiger partial charge in [0.1, 0.15) is 0 Å². The van der Waals surface area contributed by atoms with Gasteiger partial charge in [-0.3, -0.25) is 0 Å². The summed E-state index contributed by atoms with van der Waals surface area (Å²) in [6, 6.07) is 16.9. The summed E-state index contributed by atoms with van der Waals surface area (Å²) in [4.78, 5) is 1.30. The zero-order valence-electron chi connectivity index (χ0n) is 9.99. The number of benzene rings is 2. The molecule has 19 heavy (non-hydrogen) atoms. The second kappa shape index (κ2) is 5.65. The maximum absolute atomic E-state index is 3.53. The number of nitrogens with one attached hydrogen (secondary N) is 1. The van der Waals surface area contributed by atoms with Crippen molar-refractivity contribution >= 4 is 59.7 Å². The first-order valence-electron chi connectivity index (χ1n) is 5.89. The molecule has 0 saturated heterocycles. The summed E-state index contributed by atoms with van der Waals surface area (Å²) in [6.07, 6.45) is 0. The minimum atomic E-state index is 0.836. The standard InChI is InChI=1S/C15H11Br2NS/c16-13-8-11(19-15(13)17)9-18-14-7-3-5-10-4-1-2-6-12(10)14/h1-8,18H,9H2. The number of hydrogen-bond donors (Lipinski definition) is 1. The molecule has 96 valence electrons. The molecule has 0 unspecified atom stereocenters. The van der Waals surface area contributed by atoms with Crippen LogP contribution in [0.4, 0.5) is 5.69 Å². The molecular weight excluding hydrogens is 386 g/mol. The van der Waals surface area contributed by atoms with Gasteiger partial charge in [-0.05, 0) is 49.4 Å². The Kier molecular flexibility index (Phi) is 3.91. The summed E-state index contributed by atoms with van der Waals surface area (Å²) in [6.45, 7) is 0.836. The minimum Gasteiger partial charge on any atom is -0.380 e. The van der Waals surface area contributed by atoms with E-state index < -0.39 is 0 Å². The number of halogens is 2. The highest BCUT2D eigenvalue weighted by Crippen LogP contribution is 2.33. The summed E-state index contributed by atoms with van der Waals surface area (Å²) in [5.41, 5.74) is 1.18. The zero-order chi connectivity index (χ0) is 13.2. The van der Waals surface area contributed by atoms with Crippen LogP contribution in [0.15, 0.2) is 56.8 Å². The highest BCUT2D eigenvalue weighted by Gasteiger charge is 2.05. The van der Waals surface area contributed by atoms with Gasteiger partial charge in [-0.15, -0.1) is 11.3 Å². The van der Waals surface area contributed by atoms with Crippen LogP contribution in [0.25, 0.3) is 10.8 Å². The largest absolute Gasteiger partial charge is 0.380 e. The van der Waals surface area contributed by atoms with Crippen LogP contribution < -0.4 is 5.32 Å². The Morgan fingerprint density at radius 2 is 1.79 bits per heavy atom. The fourth-order valence-corrected chi connectivity index (χ4v) is 4.16. The van der Waals surface area contributed by atoms with Crippen LogP contribution in [0.2, 0.25) is 0 Å². The van der Waals surface area contributed by atoms with E-state index in [1.807, 2.05) is 0 Å². The summed E-state index contributed by atoms with van der Waals surface area (Å²) < 4.78 is 2.26. The van der Waals surface area contributed by atoms with E-state index in [9.17, 15) is 0 Å². The third-order valence-corrected chi connectivity index (χ3v) is 6.20. The van der Waals surface area contributed by atoms with Crippen LogP contribution in [0, 0.1) is 0 Å². The van der Waals surface area contributed by atoms with E-state index >= 15 is 0 Å². The Morgan fingerprint density at radius 1 is 1.00 bits per heavy atom. The van der Waals surface area contributed by atoms with Gasteiger partial charge in [0.2, 0.25) is 0 Å². The van der Waals surface area contributed by atoms with Gasteiger partial charge in [0.15, 0.2) is 0 Å². The van der Waals surface area contributed by atoms with Crippen LogP contribution in [0.5, 0.6) is 0 Å². The molecule has 1 N–H and O–H groups in total. The first kappa shape index (κ1) is 13.2. The van der Waals surface area contributed by atoms with Crippen molar-refractivity contribution < 1.29 is 0 Å². The molecule has 0 aliphatic carbocycles. The lowest BCUT2D eigenvalue weighted by Gasteiger charge is -2.08. The van der Waals surface area contributed by atoms with E-state index in [0.29, 0.717) is 0 Å². The van der Waals surface area contributed by atoms with Crippen molar-refractivity contribution in [3.63, 3.8) is 0 Å². The van der Waals surface area contributed by atoms with Gasteiger partial charge in [-0.25, -0.2) is 0 Å². The average Bonchev–Trinajstić information content (AvgIpc) is 2.75. The Bertz CT molecular complexity index is 696. The molecular formula is C15H11Br2NS. The smallest absolute Gasteiger partial charge is 0.0843 e. The van der Waals surface area contributed by atoms with Crippen LogP contribution in [0.3, 0.4) is 0 Å². The zero-order valence-corrected chi connectivity index (χ0v) is 14.0. The maximum atomic E-state index is 3.53. The van der Waals surface area contributed by atoms with E-state index in [1.54, 1.807) is 11.3 Å². The number of fused-ring (bicyclic) bond motifs is 1. The first-order chi connectivity index (χ1) is 9.24. The minimum absolute atomic E-state index is 0.836. The summed E-state index contributed by atoms with van der Waals surface area (Å²) in [7, 11) is 0. The molecule has 0 aliphatic heterocycles. The quantitative estimate of drug-likeness (QED) is 0.569. The molecule has 0 aliphatic rings. The van der Waals surface area contributed by atoms with Gasteiger partial charge >= 0.3 is 0 Å². The predicted molar refractivity (Wildman–Crippen MR) is 91.0 cm³/mol. The molecule has 0 radical (unpaired) electrons. The molecule has 0 atom stereocenters. The lowest BCUT2D eigenvalue weighted by molar-refractivity contribution is 1.20. The van der Waals surface area contributed by atoms with Gasteiger partial charge in [0.25, 0.3) is 0 Å². The van der Waals surface area contributed by atoms with Crippen molar-refractivity contribution in [1.29, 1.82) is 0 Å². The van der Waals surface area contributed by atoms with Crippen molar-refractivity contribution in [1.82, 2.24) is 0 Å². The topological polar surface area (TPSA) is 12.0 Å². The van der Waals surface area contributed by atoms with Crippen molar-refractivity contribution in [3.8, 4) is 0 Å².